The summed E-state index contributed by atoms with van der Waals surface area (Å²) in [7, 11) is -3.72. The van der Waals surface area contributed by atoms with Gasteiger partial charge in [0.05, 0.1) is 10.5 Å². The van der Waals surface area contributed by atoms with Crippen LogP contribution < -0.4 is 0 Å². The van der Waals surface area contributed by atoms with E-state index in [0.29, 0.717) is 12.8 Å². The molecule has 0 aromatic heterocycles. The summed E-state index contributed by atoms with van der Waals surface area (Å²) in [5.74, 6) is 0. The topological polar surface area (TPSA) is 43.4 Å². The predicted octanol–water partition coefficient (Wildman–Crippen LogP) is 3.45. The van der Waals surface area contributed by atoms with Crippen LogP contribution in [-0.2, 0) is 14.3 Å². The first-order chi connectivity index (χ1) is 8.33. The molecule has 4 heteroatoms. The Hall–Kier alpha value is -1.13. The van der Waals surface area contributed by atoms with Crippen molar-refractivity contribution in [1.82, 2.24) is 0 Å². The smallest absolute Gasteiger partial charge is 0.260 e. The number of aryl methyl sites for hydroxylation is 1. The van der Waals surface area contributed by atoms with Crippen LogP contribution in [0, 0.1) is 6.92 Å². The lowest BCUT2D eigenvalue weighted by molar-refractivity contribution is 0.0959. The molecular formula is C14H20O3S. The number of hydrogen-bond acceptors (Lipinski definition) is 3. The van der Waals surface area contributed by atoms with Gasteiger partial charge in [-0.05, 0) is 38.8 Å². The van der Waals surface area contributed by atoms with Crippen LogP contribution in [0.5, 0.6) is 0 Å². The van der Waals surface area contributed by atoms with E-state index in [1.54, 1.807) is 37.3 Å². The molecule has 0 spiro atoms. The van der Waals surface area contributed by atoms with Crippen LogP contribution >= 0.6 is 0 Å². The Balaban J connectivity index is 3.00. The van der Waals surface area contributed by atoms with E-state index in [1.165, 1.54) is 0 Å². The molecule has 3 nitrogen and oxygen atoms in total. The molecular weight excluding hydrogens is 248 g/mol. The third-order valence-corrected chi connectivity index (χ3v) is 4.42. The lowest BCUT2D eigenvalue weighted by atomic mass is 10.00. The molecule has 0 aliphatic rings. The molecule has 1 aromatic carbocycles. The average Bonchev–Trinajstić information content (AvgIpc) is 2.29. The van der Waals surface area contributed by atoms with Crippen molar-refractivity contribution < 1.29 is 12.6 Å². The van der Waals surface area contributed by atoms with Crippen molar-refractivity contribution in [1.29, 1.82) is 0 Å². The molecule has 0 radical (unpaired) electrons. The lowest BCUT2D eigenvalue weighted by Gasteiger charge is -2.26. The highest BCUT2D eigenvalue weighted by Crippen LogP contribution is 2.26. The summed E-state index contributed by atoms with van der Waals surface area (Å²) >= 11 is 0. The quantitative estimate of drug-likeness (QED) is 0.586. The highest BCUT2D eigenvalue weighted by molar-refractivity contribution is 7.86. The van der Waals surface area contributed by atoms with E-state index in [2.05, 4.69) is 6.58 Å². The maximum atomic E-state index is 12.1. The fourth-order valence-electron chi connectivity index (χ4n) is 1.56. The van der Waals surface area contributed by atoms with Crippen LogP contribution in [0.1, 0.15) is 32.3 Å². The second kappa shape index (κ2) is 5.67. The largest absolute Gasteiger partial charge is 0.297 e. The molecule has 18 heavy (non-hydrogen) atoms. The Kier molecular flexibility index (Phi) is 4.71. The molecule has 0 N–H and O–H groups in total. The van der Waals surface area contributed by atoms with Crippen molar-refractivity contribution in [3.63, 3.8) is 0 Å². The van der Waals surface area contributed by atoms with E-state index in [0.717, 1.165) is 5.56 Å². The van der Waals surface area contributed by atoms with Gasteiger partial charge in [-0.1, -0.05) is 30.7 Å². The van der Waals surface area contributed by atoms with Gasteiger partial charge in [0.15, 0.2) is 0 Å². The Bertz CT molecular complexity index is 502. The highest BCUT2D eigenvalue weighted by atomic mass is 32.2. The molecule has 0 aliphatic carbocycles. The fourth-order valence-corrected chi connectivity index (χ4v) is 2.84. The second-order valence-electron chi connectivity index (χ2n) is 4.65. The van der Waals surface area contributed by atoms with Gasteiger partial charge in [0.1, 0.15) is 0 Å². The van der Waals surface area contributed by atoms with E-state index in [1.807, 2.05) is 13.8 Å². The summed E-state index contributed by atoms with van der Waals surface area (Å²) in [6, 6.07) is 6.64. The summed E-state index contributed by atoms with van der Waals surface area (Å²) in [5, 5.41) is 0. The number of rotatable bonds is 6. The Morgan fingerprint density at radius 1 is 1.33 bits per heavy atom. The van der Waals surface area contributed by atoms with Crippen LogP contribution in [0.25, 0.3) is 0 Å². The highest BCUT2D eigenvalue weighted by Gasteiger charge is 2.29. The summed E-state index contributed by atoms with van der Waals surface area (Å²) in [4.78, 5) is 0.192. The van der Waals surface area contributed by atoms with E-state index in [-0.39, 0.29) is 4.90 Å². The van der Waals surface area contributed by atoms with Gasteiger partial charge in [-0.3, -0.25) is 4.18 Å². The minimum absolute atomic E-state index is 0.192. The van der Waals surface area contributed by atoms with Crippen molar-refractivity contribution in [3.05, 3.63) is 42.5 Å². The first kappa shape index (κ1) is 14.9. The van der Waals surface area contributed by atoms with Crippen molar-refractivity contribution in [2.45, 2.75) is 44.1 Å². The van der Waals surface area contributed by atoms with E-state index < -0.39 is 15.7 Å². The normalized spacial score (nSPS) is 15.1. The van der Waals surface area contributed by atoms with Crippen LogP contribution in [0.4, 0.5) is 0 Å². The Morgan fingerprint density at radius 2 is 1.89 bits per heavy atom. The third kappa shape index (κ3) is 3.68. The van der Waals surface area contributed by atoms with Crippen LogP contribution in [-0.4, -0.2) is 14.0 Å². The van der Waals surface area contributed by atoms with Crippen molar-refractivity contribution in [2.75, 3.05) is 0 Å². The molecule has 100 valence electrons. The molecule has 1 atom stereocenters. The SMILES string of the molecule is C=CCC(C)(CC)OS(=O)(=O)c1ccc(C)cc1. The molecule has 0 heterocycles. The van der Waals surface area contributed by atoms with Gasteiger partial charge in [-0.25, -0.2) is 0 Å². The van der Waals surface area contributed by atoms with E-state index in [4.69, 9.17) is 4.18 Å². The maximum absolute atomic E-state index is 12.1. The zero-order valence-corrected chi connectivity index (χ0v) is 12.0. The van der Waals surface area contributed by atoms with Crippen molar-refractivity contribution >= 4 is 10.1 Å². The molecule has 1 rings (SSSR count). The van der Waals surface area contributed by atoms with Gasteiger partial charge in [0, 0.05) is 0 Å². The van der Waals surface area contributed by atoms with E-state index in [9.17, 15) is 8.42 Å². The maximum Gasteiger partial charge on any atom is 0.297 e. The molecule has 1 unspecified atom stereocenters. The number of benzene rings is 1. The fraction of sp³-hybridized carbons (Fsp3) is 0.429. The monoisotopic (exact) mass is 268 g/mol. The molecule has 0 bridgehead atoms. The van der Waals surface area contributed by atoms with Crippen LogP contribution in [0.2, 0.25) is 0 Å². The first-order valence-corrected chi connectivity index (χ1v) is 7.37. The minimum atomic E-state index is -3.72. The summed E-state index contributed by atoms with van der Waals surface area (Å²) in [6.45, 7) is 9.22. The lowest BCUT2D eigenvalue weighted by Crippen LogP contribution is -2.30. The third-order valence-electron chi connectivity index (χ3n) is 2.94. The molecule has 0 amide bonds. The van der Waals surface area contributed by atoms with Crippen LogP contribution in [0.3, 0.4) is 0 Å². The molecule has 0 saturated heterocycles. The van der Waals surface area contributed by atoms with E-state index >= 15 is 0 Å². The summed E-state index contributed by atoms with van der Waals surface area (Å²) < 4.78 is 29.6. The average molecular weight is 268 g/mol. The molecule has 1 aromatic rings. The predicted molar refractivity (Wildman–Crippen MR) is 73.0 cm³/mol. The van der Waals surface area contributed by atoms with Gasteiger partial charge >= 0.3 is 0 Å². The zero-order valence-electron chi connectivity index (χ0n) is 11.1. The minimum Gasteiger partial charge on any atom is -0.260 e. The van der Waals surface area contributed by atoms with Gasteiger partial charge < -0.3 is 0 Å². The zero-order chi connectivity index (χ0) is 13.8. The van der Waals surface area contributed by atoms with Gasteiger partial charge in [-0.15, -0.1) is 6.58 Å². The standard InChI is InChI=1S/C14H20O3S/c1-5-11-14(4,6-2)17-18(15,16)13-9-7-12(3)8-10-13/h5,7-10H,1,6,11H2,2-4H3. The van der Waals surface area contributed by atoms with Gasteiger partial charge in [-0.2, -0.15) is 8.42 Å². The van der Waals surface area contributed by atoms with Crippen LogP contribution in [0.15, 0.2) is 41.8 Å². The number of hydrogen-bond donors (Lipinski definition) is 0. The molecule has 0 saturated carbocycles. The van der Waals surface area contributed by atoms with Gasteiger partial charge in [0.25, 0.3) is 10.1 Å². The summed E-state index contributed by atoms with van der Waals surface area (Å²) in [5.41, 5.74) is 0.282. The van der Waals surface area contributed by atoms with Gasteiger partial charge in [0.2, 0.25) is 0 Å². The Morgan fingerprint density at radius 3 is 2.33 bits per heavy atom. The summed E-state index contributed by atoms with van der Waals surface area (Å²) in [6.07, 6.45) is 2.77. The first-order valence-electron chi connectivity index (χ1n) is 5.96. The molecule has 0 fully saturated rings. The van der Waals surface area contributed by atoms with Crippen molar-refractivity contribution in [2.24, 2.45) is 0 Å². The molecule has 0 aliphatic heterocycles. The Labute approximate surface area is 110 Å². The van der Waals surface area contributed by atoms with Crippen molar-refractivity contribution in [3.8, 4) is 0 Å². The second-order valence-corrected chi connectivity index (χ2v) is 6.19.